The zero-order valence-corrected chi connectivity index (χ0v) is 12.7. The van der Waals surface area contributed by atoms with Gasteiger partial charge in [0.15, 0.2) is 6.61 Å². The first-order valence-corrected chi connectivity index (χ1v) is 7.23. The van der Waals surface area contributed by atoms with Crippen LogP contribution in [0.1, 0.15) is 9.67 Å². The number of carbonyl (C=O) groups excluding carboxylic acids is 2. The highest BCUT2D eigenvalue weighted by Gasteiger charge is 2.08. The largest absolute Gasteiger partial charge is 0.484 e. The fourth-order valence-corrected chi connectivity index (χ4v) is 2.70. The Labute approximate surface area is 127 Å². The predicted molar refractivity (Wildman–Crippen MR) is 81.1 cm³/mol. The highest BCUT2D eigenvalue weighted by Crippen LogP contribution is 2.23. The van der Waals surface area contributed by atoms with Crippen molar-refractivity contribution in [3.63, 3.8) is 0 Å². The van der Waals surface area contributed by atoms with Crippen LogP contribution in [0.15, 0.2) is 40.2 Å². The summed E-state index contributed by atoms with van der Waals surface area (Å²) < 4.78 is 6.02. The SMILES string of the molecule is NC(=O)COc1ccc(NC(=O)c2ccc(Br)s2)cc1. The number of anilines is 1. The summed E-state index contributed by atoms with van der Waals surface area (Å²) in [7, 11) is 0. The highest BCUT2D eigenvalue weighted by atomic mass is 79.9. The number of amides is 2. The third-order valence-electron chi connectivity index (χ3n) is 2.29. The van der Waals surface area contributed by atoms with Gasteiger partial charge in [0.25, 0.3) is 11.8 Å². The molecule has 5 nitrogen and oxygen atoms in total. The second-order valence-corrected chi connectivity index (χ2v) is 6.30. The molecule has 0 aliphatic rings. The molecular weight excluding hydrogens is 344 g/mol. The Morgan fingerprint density at radius 2 is 1.90 bits per heavy atom. The van der Waals surface area contributed by atoms with Crippen LogP contribution in [0, 0.1) is 0 Å². The molecule has 1 aromatic carbocycles. The van der Waals surface area contributed by atoms with Gasteiger partial charge in [-0.1, -0.05) is 0 Å². The molecule has 0 saturated heterocycles. The Hall–Kier alpha value is -1.86. The van der Waals surface area contributed by atoms with Gasteiger partial charge in [-0.05, 0) is 52.3 Å². The van der Waals surface area contributed by atoms with E-state index in [4.69, 9.17) is 10.5 Å². The van der Waals surface area contributed by atoms with E-state index in [1.807, 2.05) is 6.07 Å². The lowest BCUT2D eigenvalue weighted by Crippen LogP contribution is -2.20. The Morgan fingerprint density at radius 3 is 2.45 bits per heavy atom. The van der Waals surface area contributed by atoms with E-state index in [0.29, 0.717) is 16.3 Å². The van der Waals surface area contributed by atoms with Crippen LogP contribution in [-0.2, 0) is 4.79 Å². The summed E-state index contributed by atoms with van der Waals surface area (Å²) in [4.78, 5) is 23.1. The average Bonchev–Trinajstić information content (AvgIpc) is 2.85. The van der Waals surface area contributed by atoms with Crippen molar-refractivity contribution in [2.24, 2.45) is 5.73 Å². The fourth-order valence-electron chi connectivity index (χ4n) is 1.42. The van der Waals surface area contributed by atoms with Crippen LogP contribution in [-0.4, -0.2) is 18.4 Å². The smallest absolute Gasteiger partial charge is 0.265 e. The molecule has 2 aromatic rings. The molecule has 0 aliphatic carbocycles. The normalized spacial score (nSPS) is 10.1. The number of nitrogens with two attached hydrogens (primary N) is 1. The summed E-state index contributed by atoms with van der Waals surface area (Å²) in [6, 6.07) is 10.3. The summed E-state index contributed by atoms with van der Waals surface area (Å²) in [5.41, 5.74) is 5.62. The molecule has 0 radical (unpaired) electrons. The van der Waals surface area contributed by atoms with E-state index >= 15 is 0 Å². The van der Waals surface area contributed by atoms with Gasteiger partial charge in [0.1, 0.15) is 5.75 Å². The maximum atomic E-state index is 11.9. The van der Waals surface area contributed by atoms with Crippen LogP contribution in [0.3, 0.4) is 0 Å². The topological polar surface area (TPSA) is 81.4 Å². The van der Waals surface area contributed by atoms with Gasteiger partial charge in [0, 0.05) is 5.69 Å². The van der Waals surface area contributed by atoms with E-state index in [9.17, 15) is 9.59 Å². The molecule has 3 N–H and O–H groups in total. The van der Waals surface area contributed by atoms with Crippen molar-refractivity contribution in [3.8, 4) is 5.75 Å². The van der Waals surface area contributed by atoms with Crippen molar-refractivity contribution in [1.82, 2.24) is 0 Å². The van der Waals surface area contributed by atoms with Gasteiger partial charge in [0.05, 0.1) is 8.66 Å². The molecule has 0 fully saturated rings. The zero-order valence-electron chi connectivity index (χ0n) is 10.3. The van der Waals surface area contributed by atoms with Crippen LogP contribution in [0.25, 0.3) is 0 Å². The Morgan fingerprint density at radius 1 is 1.20 bits per heavy atom. The summed E-state index contributed by atoms with van der Waals surface area (Å²) in [5, 5.41) is 2.77. The minimum Gasteiger partial charge on any atom is -0.484 e. The van der Waals surface area contributed by atoms with Gasteiger partial charge < -0.3 is 15.8 Å². The molecule has 7 heteroatoms. The summed E-state index contributed by atoms with van der Waals surface area (Å²) in [6.07, 6.45) is 0. The maximum Gasteiger partial charge on any atom is 0.265 e. The first-order valence-electron chi connectivity index (χ1n) is 5.62. The average molecular weight is 355 g/mol. The van der Waals surface area contributed by atoms with Gasteiger partial charge in [-0.3, -0.25) is 9.59 Å². The number of hydrogen-bond acceptors (Lipinski definition) is 4. The van der Waals surface area contributed by atoms with Crippen LogP contribution >= 0.6 is 27.3 Å². The molecule has 1 heterocycles. The number of benzene rings is 1. The zero-order chi connectivity index (χ0) is 14.5. The van der Waals surface area contributed by atoms with Gasteiger partial charge in [0.2, 0.25) is 0 Å². The van der Waals surface area contributed by atoms with Crippen LogP contribution in [0.2, 0.25) is 0 Å². The molecular formula is C13H11BrN2O3S. The van der Waals surface area contributed by atoms with Crippen molar-refractivity contribution in [3.05, 3.63) is 45.1 Å². The Balaban J connectivity index is 1.96. The second-order valence-electron chi connectivity index (χ2n) is 3.84. The van der Waals surface area contributed by atoms with Crippen LogP contribution in [0.5, 0.6) is 5.75 Å². The first kappa shape index (κ1) is 14.5. The molecule has 0 unspecified atom stereocenters. The molecule has 104 valence electrons. The molecule has 0 spiro atoms. The van der Waals surface area contributed by atoms with E-state index in [-0.39, 0.29) is 12.5 Å². The monoisotopic (exact) mass is 354 g/mol. The van der Waals surface area contributed by atoms with Crippen molar-refractivity contribution in [2.45, 2.75) is 0 Å². The summed E-state index contributed by atoms with van der Waals surface area (Å²) >= 11 is 4.67. The molecule has 0 atom stereocenters. The van der Waals surface area contributed by atoms with Gasteiger partial charge in [-0.15, -0.1) is 11.3 Å². The third-order valence-corrected chi connectivity index (χ3v) is 3.91. The molecule has 2 rings (SSSR count). The van der Waals surface area contributed by atoms with Crippen molar-refractivity contribution in [2.75, 3.05) is 11.9 Å². The minimum absolute atomic E-state index is 0.172. The predicted octanol–water partition coefficient (Wildman–Crippen LogP) is 2.63. The van der Waals surface area contributed by atoms with Crippen LogP contribution < -0.4 is 15.8 Å². The van der Waals surface area contributed by atoms with Gasteiger partial charge >= 0.3 is 0 Å². The number of primary amides is 1. The fraction of sp³-hybridized carbons (Fsp3) is 0.0769. The third kappa shape index (κ3) is 4.07. The molecule has 0 bridgehead atoms. The summed E-state index contributed by atoms with van der Waals surface area (Å²) in [6.45, 7) is -0.172. The molecule has 20 heavy (non-hydrogen) atoms. The van der Waals surface area contributed by atoms with Crippen LogP contribution in [0.4, 0.5) is 5.69 Å². The molecule has 0 saturated carbocycles. The quantitative estimate of drug-likeness (QED) is 0.865. The molecule has 1 aromatic heterocycles. The standard InChI is InChI=1S/C13H11BrN2O3S/c14-11-6-5-10(20-11)13(18)16-8-1-3-9(4-2-8)19-7-12(15)17/h1-6H,7H2,(H2,15,17)(H,16,18). The van der Waals surface area contributed by atoms with Gasteiger partial charge in [-0.25, -0.2) is 0 Å². The van der Waals surface area contributed by atoms with Crippen molar-refractivity contribution in [1.29, 1.82) is 0 Å². The number of hydrogen-bond donors (Lipinski definition) is 2. The van der Waals surface area contributed by atoms with Gasteiger partial charge in [-0.2, -0.15) is 0 Å². The van der Waals surface area contributed by atoms with E-state index in [0.717, 1.165) is 3.79 Å². The van der Waals surface area contributed by atoms with E-state index < -0.39 is 5.91 Å². The number of thiophene rings is 1. The molecule has 0 aliphatic heterocycles. The first-order chi connectivity index (χ1) is 9.54. The number of carbonyl (C=O) groups is 2. The lowest BCUT2D eigenvalue weighted by atomic mass is 10.3. The number of halogens is 1. The van der Waals surface area contributed by atoms with E-state index in [1.54, 1.807) is 30.3 Å². The lowest BCUT2D eigenvalue weighted by molar-refractivity contribution is -0.119. The minimum atomic E-state index is -0.536. The van der Waals surface area contributed by atoms with E-state index in [1.165, 1.54) is 11.3 Å². The number of ether oxygens (including phenoxy) is 1. The highest BCUT2D eigenvalue weighted by molar-refractivity contribution is 9.11. The maximum absolute atomic E-state index is 11.9. The lowest BCUT2D eigenvalue weighted by Gasteiger charge is -2.06. The van der Waals surface area contributed by atoms with E-state index in [2.05, 4.69) is 21.2 Å². The Kier molecular flexibility index (Phi) is 4.75. The number of rotatable bonds is 5. The molecule has 2 amide bonds. The number of nitrogens with one attached hydrogen (secondary N) is 1. The van der Waals surface area contributed by atoms with Crippen molar-refractivity contribution >= 4 is 44.8 Å². The summed E-state index contributed by atoms with van der Waals surface area (Å²) in [5.74, 6) is -0.196. The Bertz CT molecular complexity index is 625. The second kappa shape index (κ2) is 6.53. The van der Waals surface area contributed by atoms with Crippen molar-refractivity contribution < 1.29 is 14.3 Å².